The molecule has 3 aliphatic heterocycles. The van der Waals surface area contributed by atoms with Crippen molar-refractivity contribution in [1.82, 2.24) is 10.2 Å². The highest BCUT2D eigenvalue weighted by Crippen LogP contribution is 2.54. The summed E-state index contributed by atoms with van der Waals surface area (Å²) < 4.78 is 0. The zero-order valence-corrected chi connectivity index (χ0v) is 19.5. The Labute approximate surface area is 192 Å². The molecule has 1 aliphatic carbocycles. The minimum Gasteiger partial charge on any atom is -0.350 e. The van der Waals surface area contributed by atoms with Gasteiger partial charge in [0.05, 0.1) is 0 Å². The fourth-order valence-electron chi connectivity index (χ4n) is 6.39. The molecule has 1 N–H and O–H groups in total. The molecule has 2 aromatic rings. The Morgan fingerprint density at radius 1 is 1.12 bits per heavy atom. The molecule has 2 aromatic carbocycles. The second-order valence-corrected chi connectivity index (χ2v) is 10.5. The van der Waals surface area contributed by atoms with Gasteiger partial charge in [-0.15, -0.1) is 0 Å². The predicted octanol–water partition coefficient (Wildman–Crippen LogP) is 4.27. The maximum Gasteiger partial charge on any atom is 0.248 e. The minimum atomic E-state index is -0.656. The van der Waals surface area contributed by atoms with Gasteiger partial charge in [-0.05, 0) is 42.7 Å². The molecule has 4 heteroatoms. The largest absolute Gasteiger partial charge is 0.350 e. The number of likely N-dealkylation sites (tertiary alicyclic amines) is 1. The van der Waals surface area contributed by atoms with E-state index in [-0.39, 0.29) is 11.8 Å². The summed E-state index contributed by atoms with van der Waals surface area (Å²) in [6, 6.07) is 19.5. The van der Waals surface area contributed by atoms with Gasteiger partial charge in [0.25, 0.3) is 0 Å². The number of rotatable bonds is 7. The van der Waals surface area contributed by atoms with Crippen molar-refractivity contribution >= 4 is 12.1 Å². The zero-order valence-electron chi connectivity index (χ0n) is 19.5. The molecule has 3 heterocycles. The molecule has 6 rings (SSSR count). The van der Waals surface area contributed by atoms with Gasteiger partial charge in [-0.2, -0.15) is 0 Å². The van der Waals surface area contributed by atoms with E-state index in [4.69, 9.17) is 4.99 Å². The number of aliphatic imine (C=N–C) groups is 1. The summed E-state index contributed by atoms with van der Waals surface area (Å²) in [7, 11) is 0. The van der Waals surface area contributed by atoms with E-state index in [0.717, 1.165) is 31.5 Å². The molecule has 1 saturated carbocycles. The monoisotopic (exact) mass is 429 g/mol. The lowest BCUT2D eigenvalue weighted by molar-refractivity contribution is -0.132. The molecule has 4 nitrogen and oxygen atoms in total. The third kappa shape index (κ3) is 3.79. The first-order chi connectivity index (χ1) is 15.5. The van der Waals surface area contributed by atoms with Crippen LogP contribution in [0.1, 0.15) is 37.0 Å². The highest BCUT2D eigenvalue weighted by Gasteiger charge is 2.63. The Morgan fingerprint density at radius 3 is 2.59 bits per heavy atom. The molecular weight excluding hydrogens is 394 g/mol. The summed E-state index contributed by atoms with van der Waals surface area (Å²) in [5.74, 6) is 1.95. The molecule has 4 bridgehead atoms. The summed E-state index contributed by atoms with van der Waals surface area (Å²) in [5.41, 5.74) is 3.02. The minimum absolute atomic E-state index is 0.106. The van der Waals surface area contributed by atoms with Crippen LogP contribution in [0, 0.1) is 30.6 Å². The molecule has 1 amide bonds. The van der Waals surface area contributed by atoms with Crippen molar-refractivity contribution in [3.63, 3.8) is 0 Å². The van der Waals surface area contributed by atoms with E-state index in [1.54, 1.807) is 0 Å². The fourth-order valence-corrected chi connectivity index (χ4v) is 6.39. The maximum atomic E-state index is 13.8. The van der Waals surface area contributed by atoms with Gasteiger partial charge in [-0.25, -0.2) is 0 Å². The first-order valence-electron chi connectivity index (χ1n) is 12.1. The van der Waals surface area contributed by atoms with Crippen molar-refractivity contribution in [2.45, 2.75) is 51.7 Å². The molecule has 168 valence electrons. The third-order valence-corrected chi connectivity index (χ3v) is 7.77. The van der Waals surface area contributed by atoms with Crippen LogP contribution in [0.3, 0.4) is 0 Å². The molecule has 4 aliphatic rings. The number of amides is 1. The Bertz CT molecular complexity index is 983. The lowest BCUT2D eigenvalue weighted by Gasteiger charge is -2.51. The quantitative estimate of drug-likeness (QED) is 0.714. The van der Waals surface area contributed by atoms with Crippen molar-refractivity contribution in [3.8, 4) is 0 Å². The van der Waals surface area contributed by atoms with Crippen molar-refractivity contribution < 1.29 is 4.79 Å². The highest BCUT2D eigenvalue weighted by atomic mass is 16.2. The van der Waals surface area contributed by atoms with E-state index in [0.29, 0.717) is 30.3 Å². The summed E-state index contributed by atoms with van der Waals surface area (Å²) in [6.07, 6.45) is 3.92. The lowest BCUT2D eigenvalue weighted by Crippen LogP contribution is -2.64. The molecule has 5 atom stereocenters. The van der Waals surface area contributed by atoms with E-state index in [9.17, 15) is 4.79 Å². The van der Waals surface area contributed by atoms with Crippen molar-refractivity contribution in [2.75, 3.05) is 13.1 Å². The van der Waals surface area contributed by atoms with Crippen LogP contribution in [0.15, 0.2) is 59.6 Å². The topological polar surface area (TPSA) is 44.7 Å². The molecule has 1 saturated heterocycles. The van der Waals surface area contributed by atoms with Gasteiger partial charge in [0.15, 0.2) is 0 Å². The molecule has 0 spiro atoms. The van der Waals surface area contributed by atoms with Gasteiger partial charge < -0.3 is 5.32 Å². The van der Waals surface area contributed by atoms with Gasteiger partial charge in [0.2, 0.25) is 5.91 Å². The predicted molar refractivity (Wildman–Crippen MR) is 130 cm³/mol. The van der Waals surface area contributed by atoms with Crippen LogP contribution in [0.25, 0.3) is 0 Å². The Balaban J connectivity index is 1.44. The van der Waals surface area contributed by atoms with Gasteiger partial charge in [-0.1, -0.05) is 74.0 Å². The van der Waals surface area contributed by atoms with Gasteiger partial charge in [0.1, 0.15) is 5.54 Å². The van der Waals surface area contributed by atoms with E-state index < -0.39 is 5.54 Å². The van der Waals surface area contributed by atoms with Crippen LogP contribution in [-0.2, 0) is 17.8 Å². The molecule has 0 unspecified atom stereocenters. The highest BCUT2D eigenvalue weighted by molar-refractivity contribution is 5.91. The van der Waals surface area contributed by atoms with Crippen LogP contribution in [0.5, 0.6) is 0 Å². The second-order valence-electron chi connectivity index (χ2n) is 10.5. The smallest absolute Gasteiger partial charge is 0.248 e. The SMILES string of the molecule is Cc1ccc(CNC(=O)[C@@]23C[C@@H]4CN(CC(C)C)[C@@H]([C@@H]4C=N2)[C@H]3Cc2ccccc2)cc1. The van der Waals surface area contributed by atoms with Crippen molar-refractivity contribution in [2.24, 2.45) is 28.7 Å². The number of aryl methyl sites for hydroxylation is 1. The molecule has 32 heavy (non-hydrogen) atoms. The number of carbonyl (C=O) groups excluding carboxylic acids is 1. The number of carbonyl (C=O) groups is 1. The standard InChI is InChI=1S/C28H35N3O/c1-19(2)17-31-18-23-14-28(27(32)29-15-22-11-9-20(3)10-12-22)25(26(31)24(23)16-30-28)13-21-7-5-4-6-8-21/h4-12,16,19,23-26H,13-15,17-18H2,1-3H3,(H,29,32)/t23-,24-,25-,26+,28+/m1/s1. The average Bonchev–Trinajstić information content (AvgIpc) is 3.08. The van der Waals surface area contributed by atoms with Crippen LogP contribution < -0.4 is 5.32 Å². The van der Waals surface area contributed by atoms with Crippen molar-refractivity contribution in [1.29, 1.82) is 0 Å². The number of hydrogen-bond acceptors (Lipinski definition) is 3. The van der Waals surface area contributed by atoms with Crippen LogP contribution in [0.4, 0.5) is 0 Å². The molecule has 2 fully saturated rings. The summed E-state index contributed by atoms with van der Waals surface area (Å²) in [5, 5.41) is 3.27. The summed E-state index contributed by atoms with van der Waals surface area (Å²) in [4.78, 5) is 21.5. The summed E-state index contributed by atoms with van der Waals surface area (Å²) in [6.45, 7) is 9.43. The van der Waals surface area contributed by atoms with Crippen LogP contribution in [0.2, 0.25) is 0 Å². The van der Waals surface area contributed by atoms with Gasteiger partial charge in [-0.3, -0.25) is 14.7 Å². The molecule has 0 radical (unpaired) electrons. The maximum absolute atomic E-state index is 13.8. The number of hydrogen-bond donors (Lipinski definition) is 1. The van der Waals surface area contributed by atoms with Gasteiger partial charge in [0, 0.05) is 43.7 Å². The normalized spacial score (nSPS) is 30.8. The van der Waals surface area contributed by atoms with Crippen LogP contribution in [-0.4, -0.2) is 41.7 Å². The van der Waals surface area contributed by atoms with E-state index in [2.05, 4.69) is 91.8 Å². The number of nitrogens with one attached hydrogen (secondary N) is 1. The Morgan fingerprint density at radius 2 is 1.88 bits per heavy atom. The number of nitrogens with zero attached hydrogens (tertiary/aromatic N) is 2. The molecular formula is C28H35N3O. The van der Waals surface area contributed by atoms with E-state index in [1.165, 1.54) is 11.1 Å². The Kier molecular flexibility index (Phi) is 5.66. The van der Waals surface area contributed by atoms with Crippen molar-refractivity contribution in [3.05, 3.63) is 71.3 Å². The average molecular weight is 430 g/mol. The van der Waals surface area contributed by atoms with Gasteiger partial charge >= 0.3 is 0 Å². The van der Waals surface area contributed by atoms with E-state index in [1.807, 2.05) is 0 Å². The lowest BCUT2D eigenvalue weighted by atomic mass is 9.59. The van der Waals surface area contributed by atoms with E-state index >= 15 is 0 Å². The summed E-state index contributed by atoms with van der Waals surface area (Å²) >= 11 is 0. The molecule has 0 aromatic heterocycles. The van der Waals surface area contributed by atoms with Crippen LogP contribution >= 0.6 is 0 Å². The third-order valence-electron chi connectivity index (χ3n) is 7.77. The number of benzene rings is 2. The Hall–Kier alpha value is -2.46. The first-order valence-corrected chi connectivity index (χ1v) is 12.1. The first kappa shape index (κ1) is 21.4. The fraction of sp³-hybridized carbons (Fsp3) is 0.500. The zero-order chi connectivity index (χ0) is 22.3. The second kappa shape index (κ2) is 8.47.